The lowest BCUT2D eigenvalue weighted by atomic mass is 9.79. The summed E-state index contributed by atoms with van der Waals surface area (Å²) < 4.78 is 6.25. The number of amides is 1. The summed E-state index contributed by atoms with van der Waals surface area (Å²) in [6.07, 6.45) is 8.78. The molecule has 0 bridgehead atoms. The van der Waals surface area contributed by atoms with Crippen molar-refractivity contribution in [2.75, 3.05) is 19.7 Å². The maximum atomic E-state index is 12.4. The number of nitrogens with zero attached hydrogens (tertiary/aromatic N) is 1. The maximum Gasteiger partial charge on any atom is 0.222 e. The highest BCUT2D eigenvalue weighted by atomic mass is 16.5. The first-order valence-corrected chi connectivity index (χ1v) is 9.27. The number of hydrogen-bond donors (Lipinski definition) is 0. The second kappa shape index (κ2) is 6.27. The molecule has 3 aliphatic rings. The van der Waals surface area contributed by atoms with E-state index in [1.165, 1.54) is 30.4 Å². The predicted octanol–water partition coefficient (Wildman–Crippen LogP) is 3.66. The maximum absolute atomic E-state index is 12.4. The lowest BCUT2D eigenvalue weighted by Gasteiger charge is -2.45. The second-order valence-electron chi connectivity index (χ2n) is 7.47. The van der Waals surface area contributed by atoms with E-state index >= 15 is 0 Å². The highest BCUT2D eigenvalue weighted by molar-refractivity contribution is 5.76. The van der Waals surface area contributed by atoms with Gasteiger partial charge in [0.15, 0.2) is 0 Å². The van der Waals surface area contributed by atoms with Crippen LogP contribution in [-0.4, -0.2) is 30.5 Å². The summed E-state index contributed by atoms with van der Waals surface area (Å²) in [5, 5.41) is 0. The summed E-state index contributed by atoms with van der Waals surface area (Å²) in [5.74, 6) is 1.18. The third kappa shape index (κ3) is 2.91. The van der Waals surface area contributed by atoms with Crippen LogP contribution in [0.2, 0.25) is 0 Å². The summed E-state index contributed by atoms with van der Waals surface area (Å²) >= 11 is 0. The standard InChI is InChI=1S/C20H27NO2/c22-19(9-8-16-4-3-5-16)21-13-11-20(12-14-21)18-7-2-1-6-17(18)10-15-23-20/h1-2,6-7,16H,3-5,8-15H2. The third-order valence-electron chi connectivity index (χ3n) is 6.17. The van der Waals surface area contributed by atoms with Crippen LogP contribution in [0.15, 0.2) is 24.3 Å². The van der Waals surface area contributed by atoms with Crippen LogP contribution in [0.3, 0.4) is 0 Å². The van der Waals surface area contributed by atoms with Crippen molar-refractivity contribution in [3.05, 3.63) is 35.4 Å². The van der Waals surface area contributed by atoms with Gasteiger partial charge < -0.3 is 9.64 Å². The van der Waals surface area contributed by atoms with Crippen LogP contribution in [0, 0.1) is 5.92 Å². The van der Waals surface area contributed by atoms with Crippen molar-refractivity contribution in [3.63, 3.8) is 0 Å². The van der Waals surface area contributed by atoms with Gasteiger partial charge in [-0.1, -0.05) is 43.5 Å². The zero-order valence-electron chi connectivity index (χ0n) is 13.9. The number of carbonyl (C=O) groups excluding carboxylic acids is 1. The fourth-order valence-corrected chi connectivity index (χ4v) is 4.42. The molecule has 2 heterocycles. The summed E-state index contributed by atoms with van der Waals surface area (Å²) in [4.78, 5) is 14.5. The van der Waals surface area contributed by atoms with Gasteiger partial charge in [-0.15, -0.1) is 0 Å². The van der Waals surface area contributed by atoms with Crippen LogP contribution in [-0.2, 0) is 21.6 Å². The van der Waals surface area contributed by atoms with Crippen LogP contribution in [0.25, 0.3) is 0 Å². The van der Waals surface area contributed by atoms with E-state index in [2.05, 4.69) is 29.2 Å². The van der Waals surface area contributed by atoms with Crippen molar-refractivity contribution in [2.45, 2.75) is 57.0 Å². The molecule has 3 nitrogen and oxygen atoms in total. The molecule has 0 unspecified atom stereocenters. The van der Waals surface area contributed by atoms with Gasteiger partial charge in [-0.3, -0.25) is 4.79 Å². The molecule has 1 saturated carbocycles. The minimum absolute atomic E-state index is 0.139. The number of carbonyl (C=O) groups is 1. The number of fused-ring (bicyclic) bond motifs is 2. The quantitative estimate of drug-likeness (QED) is 0.852. The number of ether oxygens (including phenoxy) is 1. The second-order valence-corrected chi connectivity index (χ2v) is 7.47. The molecule has 3 heteroatoms. The fourth-order valence-electron chi connectivity index (χ4n) is 4.42. The smallest absolute Gasteiger partial charge is 0.222 e. The first-order valence-electron chi connectivity index (χ1n) is 9.27. The average Bonchev–Trinajstić information content (AvgIpc) is 2.54. The van der Waals surface area contributed by atoms with Crippen molar-refractivity contribution in [3.8, 4) is 0 Å². The normalized spacial score (nSPS) is 23.4. The highest BCUT2D eigenvalue weighted by Crippen LogP contribution is 2.41. The molecule has 23 heavy (non-hydrogen) atoms. The Morgan fingerprint density at radius 3 is 2.74 bits per heavy atom. The summed E-state index contributed by atoms with van der Waals surface area (Å²) in [6.45, 7) is 2.50. The minimum Gasteiger partial charge on any atom is -0.370 e. The number of hydrogen-bond acceptors (Lipinski definition) is 2. The molecule has 2 fully saturated rings. The van der Waals surface area contributed by atoms with Crippen molar-refractivity contribution in [2.24, 2.45) is 5.92 Å². The van der Waals surface area contributed by atoms with Crippen molar-refractivity contribution >= 4 is 5.91 Å². The van der Waals surface area contributed by atoms with Crippen LogP contribution in [0.1, 0.15) is 56.1 Å². The monoisotopic (exact) mass is 313 g/mol. The zero-order chi connectivity index (χ0) is 15.7. The summed E-state index contributed by atoms with van der Waals surface area (Å²) in [7, 11) is 0. The van der Waals surface area contributed by atoms with E-state index in [1.807, 2.05) is 0 Å². The van der Waals surface area contributed by atoms with Gasteiger partial charge in [-0.05, 0) is 42.7 Å². The van der Waals surface area contributed by atoms with Gasteiger partial charge in [0.05, 0.1) is 12.2 Å². The average molecular weight is 313 g/mol. The van der Waals surface area contributed by atoms with Gasteiger partial charge in [0.2, 0.25) is 5.91 Å². The Balaban J connectivity index is 1.38. The number of piperidine rings is 1. The molecule has 2 aliphatic heterocycles. The van der Waals surface area contributed by atoms with Crippen molar-refractivity contribution in [1.29, 1.82) is 0 Å². The molecule has 0 N–H and O–H groups in total. The molecule has 1 amide bonds. The number of benzene rings is 1. The van der Waals surface area contributed by atoms with Crippen LogP contribution in [0.5, 0.6) is 0 Å². The van der Waals surface area contributed by atoms with Gasteiger partial charge in [0, 0.05) is 19.5 Å². The molecule has 1 spiro atoms. The molecule has 0 aromatic heterocycles. The zero-order valence-corrected chi connectivity index (χ0v) is 13.9. The van der Waals surface area contributed by atoms with E-state index in [0.29, 0.717) is 5.91 Å². The largest absolute Gasteiger partial charge is 0.370 e. The Hall–Kier alpha value is -1.35. The Morgan fingerprint density at radius 2 is 2.00 bits per heavy atom. The highest BCUT2D eigenvalue weighted by Gasteiger charge is 2.41. The van der Waals surface area contributed by atoms with E-state index < -0.39 is 0 Å². The van der Waals surface area contributed by atoms with Gasteiger partial charge in [-0.25, -0.2) is 0 Å². The Bertz CT molecular complexity index is 571. The Morgan fingerprint density at radius 1 is 1.22 bits per heavy atom. The molecule has 1 aromatic carbocycles. The minimum atomic E-state index is -0.139. The van der Waals surface area contributed by atoms with Gasteiger partial charge in [-0.2, -0.15) is 0 Å². The van der Waals surface area contributed by atoms with E-state index in [0.717, 1.165) is 57.7 Å². The van der Waals surface area contributed by atoms with E-state index in [4.69, 9.17) is 4.74 Å². The van der Waals surface area contributed by atoms with Crippen molar-refractivity contribution in [1.82, 2.24) is 4.90 Å². The number of rotatable bonds is 3. The predicted molar refractivity (Wildman–Crippen MR) is 90.2 cm³/mol. The number of likely N-dealkylation sites (tertiary alicyclic amines) is 1. The Kier molecular flexibility index (Phi) is 4.14. The molecular weight excluding hydrogens is 286 g/mol. The molecule has 0 radical (unpaired) electrons. The first kappa shape index (κ1) is 15.2. The Labute approximate surface area is 139 Å². The molecular formula is C20H27NO2. The SMILES string of the molecule is O=C(CCC1CCC1)N1CCC2(CC1)OCCc1ccccc12. The van der Waals surface area contributed by atoms with Gasteiger partial charge >= 0.3 is 0 Å². The summed E-state index contributed by atoms with van der Waals surface area (Å²) in [6, 6.07) is 8.70. The van der Waals surface area contributed by atoms with Crippen molar-refractivity contribution < 1.29 is 9.53 Å². The van der Waals surface area contributed by atoms with E-state index in [-0.39, 0.29) is 5.60 Å². The van der Waals surface area contributed by atoms with Gasteiger partial charge in [0.1, 0.15) is 0 Å². The molecule has 1 aliphatic carbocycles. The van der Waals surface area contributed by atoms with Crippen LogP contribution in [0.4, 0.5) is 0 Å². The molecule has 0 atom stereocenters. The molecule has 124 valence electrons. The molecule has 1 saturated heterocycles. The van der Waals surface area contributed by atoms with Crippen LogP contribution < -0.4 is 0 Å². The van der Waals surface area contributed by atoms with Crippen LogP contribution >= 0.6 is 0 Å². The topological polar surface area (TPSA) is 29.5 Å². The molecule has 1 aromatic rings. The third-order valence-corrected chi connectivity index (χ3v) is 6.17. The van der Waals surface area contributed by atoms with E-state index in [9.17, 15) is 4.79 Å². The first-order chi connectivity index (χ1) is 11.3. The summed E-state index contributed by atoms with van der Waals surface area (Å²) in [5.41, 5.74) is 2.66. The van der Waals surface area contributed by atoms with E-state index in [1.54, 1.807) is 0 Å². The fraction of sp³-hybridized carbons (Fsp3) is 0.650. The lowest BCUT2D eigenvalue weighted by Crippen LogP contribution is -2.48. The molecule has 4 rings (SSSR count). The van der Waals surface area contributed by atoms with Gasteiger partial charge in [0.25, 0.3) is 0 Å². The lowest BCUT2D eigenvalue weighted by molar-refractivity contribution is -0.141.